The van der Waals surface area contributed by atoms with Gasteiger partial charge in [0, 0.05) is 0 Å². The Bertz CT molecular complexity index is 171. The van der Waals surface area contributed by atoms with Crippen LogP contribution in [0.1, 0.15) is 97.3 Å². The van der Waals surface area contributed by atoms with Crippen LogP contribution in [-0.2, 0) is 0 Å². The third-order valence-electron chi connectivity index (χ3n) is 4.38. The van der Waals surface area contributed by atoms with Crippen molar-refractivity contribution in [1.82, 2.24) is 0 Å². The molecule has 0 aliphatic rings. The normalized spacial score (nSPS) is 12.4. The topological polar surface area (TPSA) is 4.44 Å². The van der Waals surface area contributed by atoms with E-state index in [4.69, 9.17) is 0 Å². The summed E-state index contributed by atoms with van der Waals surface area (Å²) >= 11 is 0. The Morgan fingerprint density at radius 1 is 0.600 bits per heavy atom. The second-order valence-corrected chi connectivity index (χ2v) is 6.53. The van der Waals surface area contributed by atoms with Gasteiger partial charge in [0.2, 0.25) is 0 Å². The predicted molar refractivity (Wildman–Crippen MR) is 88.0 cm³/mol. The van der Waals surface area contributed by atoms with Crippen LogP contribution in [0.2, 0.25) is 0 Å². The van der Waals surface area contributed by atoms with Crippen molar-refractivity contribution < 1.29 is 17.3 Å². The van der Waals surface area contributed by atoms with E-state index < -0.39 is 0 Å². The van der Waals surface area contributed by atoms with Crippen LogP contribution in [0.25, 0.3) is 0 Å². The molecule has 1 atom stereocenters. The Kier molecular flexibility index (Phi) is 19.5. The van der Waals surface area contributed by atoms with Gasteiger partial charge in [-0.3, -0.25) is 0 Å². The molecule has 1 nitrogen and oxygen atoms in total. The summed E-state index contributed by atoms with van der Waals surface area (Å²) in [5.74, 6) is 0. The van der Waals surface area contributed by atoms with Gasteiger partial charge in [-0.15, -0.1) is 0 Å². The highest BCUT2D eigenvalue weighted by molar-refractivity contribution is 4.57. The van der Waals surface area contributed by atoms with Gasteiger partial charge in [-0.2, -0.15) is 0 Å². The third-order valence-corrected chi connectivity index (χ3v) is 4.38. The molecule has 0 aliphatic carbocycles. The molecule has 0 fully saturated rings. The van der Waals surface area contributed by atoms with Crippen LogP contribution in [0, 0.1) is 0 Å². The van der Waals surface area contributed by atoms with Crippen molar-refractivity contribution in [1.29, 1.82) is 0 Å². The van der Waals surface area contributed by atoms with Gasteiger partial charge in [0.05, 0.1) is 20.1 Å². The van der Waals surface area contributed by atoms with Crippen LogP contribution < -0.4 is 17.3 Å². The van der Waals surface area contributed by atoms with Crippen LogP contribution in [0.15, 0.2) is 0 Å². The maximum Gasteiger partial charge on any atom is 0.0870 e. The van der Waals surface area contributed by atoms with E-state index in [0.717, 1.165) is 6.04 Å². The van der Waals surface area contributed by atoms with E-state index in [1.165, 1.54) is 83.5 Å². The third kappa shape index (κ3) is 14.7. The Balaban J connectivity index is 0. The molecule has 2 heteroatoms. The van der Waals surface area contributed by atoms with Crippen LogP contribution in [0.5, 0.6) is 0 Å². The fourth-order valence-electron chi connectivity index (χ4n) is 2.89. The highest BCUT2D eigenvalue weighted by Gasteiger charge is 2.13. The van der Waals surface area contributed by atoms with E-state index >= 15 is 0 Å². The molecule has 0 aliphatic heterocycles. The molecular weight excluding hydrogens is 266 g/mol. The fourth-order valence-corrected chi connectivity index (χ4v) is 2.89. The lowest BCUT2D eigenvalue weighted by Gasteiger charge is -2.21. The molecule has 0 saturated heterocycles. The lowest BCUT2D eigenvalue weighted by Crippen LogP contribution is -3.10. The Labute approximate surface area is 135 Å². The van der Waals surface area contributed by atoms with Crippen LogP contribution in [0.3, 0.4) is 0 Å². The highest BCUT2D eigenvalue weighted by atomic mass is 35.5. The molecule has 0 amide bonds. The van der Waals surface area contributed by atoms with Crippen molar-refractivity contribution >= 4 is 0 Å². The van der Waals surface area contributed by atoms with E-state index in [-0.39, 0.29) is 12.4 Å². The van der Waals surface area contributed by atoms with E-state index in [2.05, 4.69) is 27.9 Å². The number of hydrogen-bond donors (Lipinski definition) is 1. The second-order valence-electron chi connectivity index (χ2n) is 6.53. The molecule has 20 heavy (non-hydrogen) atoms. The number of hydrogen-bond acceptors (Lipinski definition) is 0. The molecule has 0 spiro atoms. The van der Waals surface area contributed by atoms with Gasteiger partial charge in [-0.25, -0.2) is 0 Å². The van der Waals surface area contributed by atoms with Gasteiger partial charge in [-0.1, -0.05) is 71.6 Å². The summed E-state index contributed by atoms with van der Waals surface area (Å²) in [4.78, 5) is 1.67. The maximum atomic E-state index is 2.34. The first-order valence-corrected chi connectivity index (χ1v) is 9.02. The molecule has 0 rings (SSSR count). The summed E-state index contributed by atoms with van der Waals surface area (Å²) in [6.45, 7) is 4.59. The number of quaternary nitrogens is 1. The number of nitrogens with one attached hydrogen (secondary N) is 1. The zero-order valence-electron chi connectivity index (χ0n) is 14.6. The summed E-state index contributed by atoms with van der Waals surface area (Å²) < 4.78 is 0. The molecule has 1 N–H and O–H groups in total. The first kappa shape index (κ1) is 22.5. The molecule has 0 aromatic heterocycles. The van der Waals surface area contributed by atoms with Crippen LogP contribution >= 0.6 is 0 Å². The average Bonchev–Trinajstić information content (AvgIpc) is 2.39. The van der Waals surface area contributed by atoms with Crippen LogP contribution in [0.4, 0.5) is 0 Å². The van der Waals surface area contributed by atoms with Crippen LogP contribution in [-0.4, -0.2) is 20.1 Å². The average molecular weight is 306 g/mol. The molecule has 0 aromatic rings. The quantitative estimate of drug-likeness (QED) is 0.465. The smallest absolute Gasteiger partial charge is 0.0870 e. The van der Waals surface area contributed by atoms with Gasteiger partial charge in [0.1, 0.15) is 0 Å². The molecule has 0 saturated carbocycles. The molecule has 0 aromatic carbocycles. The molecule has 0 bridgehead atoms. The van der Waals surface area contributed by atoms with Crippen molar-refractivity contribution in [2.45, 2.75) is 103 Å². The lowest BCUT2D eigenvalue weighted by atomic mass is 9.99. The first-order chi connectivity index (χ1) is 9.22. The van der Waals surface area contributed by atoms with Crippen molar-refractivity contribution in [3.8, 4) is 0 Å². The number of halogens is 1. The summed E-state index contributed by atoms with van der Waals surface area (Å²) in [5, 5.41) is 0. The monoisotopic (exact) mass is 305 g/mol. The standard InChI is InChI=1S/C18H39N.ClH/c1-5-7-9-11-13-15-17-18(19(3)4)16-14-12-10-8-6-2;/h18H,5-17H2,1-4H3;1H. The minimum atomic E-state index is 0. The van der Waals surface area contributed by atoms with E-state index in [1.54, 1.807) is 4.90 Å². The zero-order valence-corrected chi connectivity index (χ0v) is 15.4. The van der Waals surface area contributed by atoms with Gasteiger partial charge in [-0.05, 0) is 25.7 Å². The number of unbranched alkanes of at least 4 members (excludes halogenated alkanes) is 9. The summed E-state index contributed by atoms with van der Waals surface area (Å²) in [6.07, 6.45) is 18.6. The summed E-state index contributed by atoms with van der Waals surface area (Å²) in [7, 11) is 4.68. The minimum absolute atomic E-state index is 0. The van der Waals surface area contributed by atoms with Crippen molar-refractivity contribution in [3.05, 3.63) is 0 Å². The van der Waals surface area contributed by atoms with Crippen molar-refractivity contribution in [2.75, 3.05) is 14.1 Å². The lowest BCUT2D eigenvalue weighted by molar-refractivity contribution is -0.886. The number of rotatable bonds is 14. The minimum Gasteiger partial charge on any atom is -1.00 e. The molecular formula is C18H40ClN. The summed E-state index contributed by atoms with van der Waals surface area (Å²) in [5.41, 5.74) is 0. The fraction of sp³-hybridized carbons (Fsp3) is 1.00. The van der Waals surface area contributed by atoms with Gasteiger partial charge >= 0.3 is 0 Å². The molecule has 0 radical (unpaired) electrons. The largest absolute Gasteiger partial charge is 1.00 e. The van der Waals surface area contributed by atoms with Gasteiger partial charge in [0.15, 0.2) is 0 Å². The van der Waals surface area contributed by atoms with E-state index in [9.17, 15) is 0 Å². The Hall–Kier alpha value is 0.250. The van der Waals surface area contributed by atoms with E-state index in [0.29, 0.717) is 0 Å². The predicted octanol–water partition coefficient (Wildman–Crippen LogP) is 1.61. The second kappa shape index (κ2) is 17.3. The molecule has 0 heterocycles. The molecule has 1 unspecified atom stereocenters. The van der Waals surface area contributed by atoms with E-state index in [1.807, 2.05) is 0 Å². The van der Waals surface area contributed by atoms with Gasteiger partial charge in [0.25, 0.3) is 0 Å². The highest BCUT2D eigenvalue weighted by Crippen LogP contribution is 2.12. The Morgan fingerprint density at radius 3 is 1.30 bits per heavy atom. The van der Waals surface area contributed by atoms with Gasteiger partial charge < -0.3 is 17.3 Å². The summed E-state index contributed by atoms with van der Waals surface area (Å²) in [6, 6.07) is 0.910. The Morgan fingerprint density at radius 2 is 0.950 bits per heavy atom. The van der Waals surface area contributed by atoms with Crippen molar-refractivity contribution in [3.63, 3.8) is 0 Å². The maximum absolute atomic E-state index is 2.34. The zero-order chi connectivity index (χ0) is 14.3. The molecule has 124 valence electrons. The first-order valence-electron chi connectivity index (χ1n) is 9.02. The van der Waals surface area contributed by atoms with Crippen molar-refractivity contribution in [2.24, 2.45) is 0 Å². The SMILES string of the molecule is CCCCCCCCC(CCCCCCC)[NH+](C)C.[Cl-].